The highest BCUT2D eigenvalue weighted by Crippen LogP contribution is 2.38. The summed E-state index contributed by atoms with van der Waals surface area (Å²) in [5, 5.41) is 3.66. The number of thioether (sulfide) groups is 1. The molecule has 2 heteroatoms. The maximum absolute atomic E-state index is 3.66. The Morgan fingerprint density at radius 1 is 1.24 bits per heavy atom. The zero-order valence-electron chi connectivity index (χ0n) is 10.6. The average molecular weight is 247 g/mol. The van der Waals surface area contributed by atoms with Crippen LogP contribution in [0.3, 0.4) is 0 Å². The van der Waals surface area contributed by atoms with Gasteiger partial charge in [-0.25, -0.2) is 0 Å². The molecule has 1 unspecified atom stereocenters. The van der Waals surface area contributed by atoms with E-state index in [9.17, 15) is 0 Å². The van der Waals surface area contributed by atoms with Gasteiger partial charge in [-0.15, -0.1) is 11.8 Å². The lowest BCUT2D eigenvalue weighted by molar-refractivity contribution is 0.508. The summed E-state index contributed by atoms with van der Waals surface area (Å²) in [5.74, 6) is 1.29. The molecule has 1 heterocycles. The second-order valence-corrected chi connectivity index (χ2v) is 6.25. The molecule has 1 nitrogen and oxygen atoms in total. The van der Waals surface area contributed by atoms with E-state index in [1.54, 1.807) is 21.6 Å². The molecule has 1 aromatic rings. The van der Waals surface area contributed by atoms with Gasteiger partial charge in [-0.05, 0) is 67.2 Å². The Morgan fingerprint density at radius 3 is 2.88 bits per heavy atom. The quantitative estimate of drug-likeness (QED) is 0.855. The van der Waals surface area contributed by atoms with Crippen LogP contribution in [0.15, 0.2) is 17.0 Å². The van der Waals surface area contributed by atoms with E-state index in [0.717, 1.165) is 6.54 Å². The van der Waals surface area contributed by atoms with Crippen molar-refractivity contribution in [1.82, 2.24) is 5.32 Å². The van der Waals surface area contributed by atoms with E-state index >= 15 is 0 Å². The average Bonchev–Trinajstić information content (AvgIpc) is 2.70. The van der Waals surface area contributed by atoms with E-state index in [2.05, 4.69) is 36.1 Å². The van der Waals surface area contributed by atoms with Crippen LogP contribution in [-0.4, -0.2) is 12.3 Å². The Kier molecular flexibility index (Phi) is 3.44. The molecule has 1 atom stereocenters. The highest BCUT2D eigenvalue weighted by Gasteiger charge is 2.22. The second kappa shape index (κ2) is 5.03. The van der Waals surface area contributed by atoms with Gasteiger partial charge in [0.25, 0.3) is 0 Å². The van der Waals surface area contributed by atoms with Crippen molar-refractivity contribution >= 4 is 11.8 Å². The van der Waals surface area contributed by atoms with Crippen LogP contribution < -0.4 is 5.32 Å². The van der Waals surface area contributed by atoms with Gasteiger partial charge in [0.1, 0.15) is 0 Å². The van der Waals surface area contributed by atoms with Crippen molar-refractivity contribution in [2.75, 3.05) is 12.3 Å². The predicted molar refractivity (Wildman–Crippen MR) is 74.8 cm³/mol. The molecule has 1 aromatic carbocycles. The zero-order chi connectivity index (χ0) is 11.7. The van der Waals surface area contributed by atoms with Crippen LogP contribution >= 0.6 is 11.8 Å². The van der Waals surface area contributed by atoms with Crippen molar-refractivity contribution in [1.29, 1.82) is 0 Å². The fraction of sp³-hybridized carbons (Fsp3) is 0.600. The number of aryl methyl sites for hydroxylation is 2. The first-order chi connectivity index (χ1) is 8.38. The molecule has 3 rings (SSSR count). The van der Waals surface area contributed by atoms with Crippen molar-refractivity contribution in [2.45, 2.75) is 50.0 Å². The molecule has 0 saturated carbocycles. The fourth-order valence-corrected chi connectivity index (χ4v) is 4.23. The topological polar surface area (TPSA) is 12.0 Å². The Balaban J connectivity index is 2.00. The number of rotatable bonds is 2. The smallest absolute Gasteiger partial charge is 0.0331 e. The summed E-state index contributed by atoms with van der Waals surface area (Å²) in [5.41, 5.74) is 4.82. The SMILES string of the molecule is CCNC1CCCSc2cc3c(cc21)CCC3. The lowest BCUT2D eigenvalue weighted by Gasteiger charge is -2.19. The third kappa shape index (κ3) is 2.25. The van der Waals surface area contributed by atoms with Crippen LogP contribution in [-0.2, 0) is 12.8 Å². The standard InChI is InChI=1S/C15H21NS/c1-2-16-14-7-4-8-17-15-10-12-6-3-5-11(12)9-13(14)15/h9-10,14,16H,2-8H2,1H3. The minimum absolute atomic E-state index is 0.593. The molecule has 1 aliphatic carbocycles. The first-order valence-electron chi connectivity index (χ1n) is 6.90. The van der Waals surface area contributed by atoms with Gasteiger partial charge in [0.15, 0.2) is 0 Å². The van der Waals surface area contributed by atoms with Crippen LogP contribution in [0.5, 0.6) is 0 Å². The summed E-state index contributed by atoms with van der Waals surface area (Å²) in [6.45, 7) is 3.29. The van der Waals surface area contributed by atoms with Crippen LogP contribution in [0.4, 0.5) is 0 Å². The van der Waals surface area contributed by atoms with Crippen molar-refractivity contribution in [2.24, 2.45) is 0 Å². The summed E-state index contributed by atoms with van der Waals surface area (Å²) >= 11 is 2.07. The van der Waals surface area contributed by atoms with Gasteiger partial charge in [0.05, 0.1) is 0 Å². The maximum Gasteiger partial charge on any atom is 0.0331 e. The largest absolute Gasteiger partial charge is 0.310 e. The minimum atomic E-state index is 0.593. The van der Waals surface area contributed by atoms with Gasteiger partial charge >= 0.3 is 0 Å². The van der Waals surface area contributed by atoms with Gasteiger partial charge in [-0.2, -0.15) is 0 Å². The van der Waals surface area contributed by atoms with E-state index < -0.39 is 0 Å². The van der Waals surface area contributed by atoms with Crippen LogP contribution in [0.25, 0.3) is 0 Å². The Hall–Kier alpha value is -0.470. The molecule has 0 amide bonds. The van der Waals surface area contributed by atoms with Crippen LogP contribution in [0, 0.1) is 0 Å². The molecular formula is C15H21NS. The predicted octanol–water partition coefficient (Wildman–Crippen LogP) is 3.71. The van der Waals surface area contributed by atoms with Gasteiger partial charge < -0.3 is 5.32 Å². The minimum Gasteiger partial charge on any atom is -0.310 e. The molecule has 92 valence electrons. The molecular weight excluding hydrogens is 226 g/mol. The second-order valence-electron chi connectivity index (χ2n) is 5.11. The molecule has 2 aliphatic rings. The van der Waals surface area contributed by atoms with Gasteiger partial charge in [-0.3, -0.25) is 0 Å². The Morgan fingerprint density at radius 2 is 2.06 bits per heavy atom. The fourth-order valence-electron chi connectivity index (χ4n) is 3.10. The first kappa shape index (κ1) is 11.6. The molecule has 0 fully saturated rings. The summed E-state index contributed by atoms with van der Waals surface area (Å²) < 4.78 is 0. The van der Waals surface area contributed by atoms with Crippen LogP contribution in [0.2, 0.25) is 0 Å². The molecule has 1 aliphatic heterocycles. The van der Waals surface area contributed by atoms with Gasteiger partial charge in [0, 0.05) is 10.9 Å². The monoisotopic (exact) mass is 247 g/mol. The van der Waals surface area contributed by atoms with Gasteiger partial charge in [0.2, 0.25) is 0 Å². The Labute approximate surface area is 108 Å². The third-order valence-electron chi connectivity index (χ3n) is 3.94. The van der Waals surface area contributed by atoms with Crippen molar-refractivity contribution in [3.05, 3.63) is 28.8 Å². The zero-order valence-corrected chi connectivity index (χ0v) is 11.4. The summed E-state index contributed by atoms with van der Waals surface area (Å²) in [7, 11) is 0. The highest BCUT2D eigenvalue weighted by molar-refractivity contribution is 7.99. The number of nitrogens with one attached hydrogen (secondary N) is 1. The lowest BCUT2D eigenvalue weighted by atomic mass is 9.98. The first-order valence-corrected chi connectivity index (χ1v) is 7.89. The van der Waals surface area contributed by atoms with E-state index in [0.29, 0.717) is 6.04 Å². The number of hydrogen-bond donors (Lipinski definition) is 1. The third-order valence-corrected chi connectivity index (χ3v) is 5.10. The van der Waals surface area contributed by atoms with Crippen molar-refractivity contribution < 1.29 is 0 Å². The van der Waals surface area contributed by atoms with E-state index in [4.69, 9.17) is 0 Å². The molecule has 0 aromatic heterocycles. The molecule has 1 N–H and O–H groups in total. The number of fused-ring (bicyclic) bond motifs is 2. The van der Waals surface area contributed by atoms with Crippen molar-refractivity contribution in [3.8, 4) is 0 Å². The highest BCUT2D eigenvalue weighted by atomic mass is 32.2. The van der Waals surface area contributed by atoms with E-state index in [1.165, 1.54) is 37.9 Å². The Bertz CT molecular complexity index is 414. The normalized spacial score (nSPS) is 23.0. The summed E-state index contributed by atoms with van der Waals surface area (Å²) in [4.78, 5) is 1.55. The molecule has 17 heavy (non-hydrogen) atoms. The number of hydrogen-bond acceptors (Lipinski definition) is 2. The van der Waals surface area contributed by atoms with Crippen LogP contribution in [0.1, 0.15) is 48.9 Å². The molecule has 0 spiro atoms. The number of benzene rings is 1. The molecule has 0 radical (unpaired) electrons. The van der Waals surface area contributed by atoms with E-state index in [-0.39, 0.29) is 0 Å². The maximum atomic E-state index is 3.66. The van der Waals surface area contributed by atoms with Crippen molar-refractivity contribution in [3.63, 3.8) is 0 Å². The van der Waals surface area contributed by atoms with E-state index in [1.807, 2.05) is 0 Å². The summed E-state index contributed by atoms with van der Waals surface area (Å²) in [6, 6.07) is 5.58. The molecule has 0 saturated heterocycles. The lowest BCUT2D eigenvalue weighted by Crippen LogP contribution is -2.21. The summed E-state index contributed by atoms with van der Waals surface area (Å²) in [6.07, 6.45) is 6.59. The molecule has 0 bridgehead atoms. The van der Waals surface area contributed by atoms with Gasteiger partial charge in [-0.1, -0.05) is 13.0 Å².